The van der Waals surface area contributed by atoms with Crippen molar-refractivity contribution in [2.75, 3.05) is 0 Å². The Morgan fingerprint density at radius 1 is 1.21 bits per heavy atom. The maximum Gasteiger partial charge on any atom is 0.335 e. The van der Waals surface area contributed by atoms with E-state index in [1.807, 2.05) is 41.5 Å². The van der Waals surface area contributed by atoms with Gasteiger partial charge in [0.05, 0.1) is 0 Å². The molecule has 0 fully saturated rings. The van der Waals surface area contributed by atoms with Gasteiger partial charge in [0.25, 0.3) is 0 Å². The lowest BCUT2D eigenvalue weighted by atomic mass is 9.86. The number of rotatable bonds is 1. The van der Waals surface area contributed by atoms with Gasteiger partial charge in [0.1, 0.15) is 0 Å². The summed E-state index contributed by atoms with van der Waals surface area (Å²) in [6, 6.07) is 0. The molecule has 0 bridgehead atoms. The van der Waals surface area contributed by atoms with Crippen molar-refractivity contribution in [3.05, 3.63) is 22.3 Å². The fourth-order valence-corrected chi connectivity index (χ4v) is 1.68. The van der Waals surface area contributed by atoms with Crippen LogP contribution in [-0.2, 0) is 9.53 Å². The number of carbonyl (C=O) groups is 1. The normalized spacial score (nSPS) is 26.6. The number of esters is 1. The van der Waals surface area contributed by atoms with E-state index in [1.54, 1.807) is 0 Å². The lowest BCUT2D eigenvalue weighted by Crippen LogP contribution is -2.29. The molecule has 1 rings (SSSR count). The Hall–Kier alpha value is -1.05. The average Bonchev–Trinajstić information content (AvgIpc) is 2.30. The van der Waals surface area contributed by atoms with Gasteiger partial charge in [-0.15, -0.1) is 0 Å². The molecule has 0 saturated heterocycles. The van der Waals surface area contributed by atoms with Gasteiger partial charge in [0.15, 0.2) is 5.60 Å². The van der Waals surface area contributed by atoms with Crippen LogP contribution in [0.25, 0.3) is 0 Å². The van der Waals surface area contributed by atoms with E-state index in [9.17, 15) is 4.79 Å². The van der Waals surface area contributed by atoms with Gasteiger partial charge in [0.2, 0.25) is 0 Å². The lowest BCUT2D eigenvalue weighted by molar-refractivity contribution is -0.143. The summed E-state index contributed by atoms with van der Waals surface area (Å²) in [4.78, 5) is 11.4. The molecule has 1 atom stereocenters. The third-order valence-electron chi connectivity index (χ3n) is 3.35. The summed E-state index contributed by atoms with van der Waals surface area (Å²) in [7, 11) is 0. The zero-order chi connectivity index (χ0) is 11.1. The molecule has 0 N–H and O–H groups in total. The Morgan fingerprint density at radius 3 is 2.00 bits per heavy atom. The van der Waals surface area contributed by atoms with Crippen LogP contribution in [0.15, 0.2) is 22.3 Å². The molecule has 1 aliphatic heterocycles. The predicted octanol–water partition coefficient (Wildman–Crippen LogP) is 2.99. The number of allylic oxidation sites excluding steroid dienone is 1. The fraction of sp³-hybridized carbons (Fsp3) is 0.583. The van der Waals surface area contributed by atoms with Crippen LogP contribution in [0.1, 0.15) is 41.5 Å². The highest BCUT2D eigenvalue weighted by molar-refractivity contribution is 5.92. The molecule has 0 saturated carbocycles. The maximum atomic E-state index is 11.4. The van der Waals surface area contributed by atoms with E-state index in [-0.39, 0.29) is 5.97 Å². The molecule has 0 radical (unpaired) electrons. The zero-order valence-electron chi connectivity index (χ0n) is 9.82. The van der Waals surface area contributed by atoms with Crippen LogP contribution in [0.5, 0.6) is 0 Å². The van der Waals surface area contributed by atoms with E-state index < -0.39 is 5.60 Å². The van der Waals surface area contributed by atoms with Crippen LogP contribution >= 0.6 is 0 Å². The maximum absolute atomic E-state index is 11.4. The summed E-state index contributed by atoms with van der Waals surface area (Å²) in [5.74, 6) is -0.189. The summed E-state index contributed by atoms with van der Waals surface area (Å²) in [5.41, 5.74) is 3.59. The molecule has 78 valence electrons. The molecule has 2 nitrogen and oxygen atoms in total. The molecule has 0 spiro atoms. The first-order valence-corrected chi connectivity index (χ1v) is 4.86. The summed E-state index contributed by atoms with van der Waals surface area (Å²) >= 11 is 0. The average molecular weight is 194 g/mol. The van der Waals surface area contributed by atoms with E-state index in [4.69, 9.17) is 4.74 Å². The van der Waals surface area contributed by atoms with Crippen molar-refractivity contribution in [2.45, 2.75) is 47.1 Å². The van der Waals surface area contributed by atoms with Gasteiger partial charge in [-0.25, -0.2) is 4.79 Å². The van der Waals surface area contributed by atoms with Crippen LogP contribution in [-0.4, -0.2) is 11.6 Å². The number of ether oxygens (including phenoxy) is 1. The highest BCUT2D eigenvalue weighted by atomic mass is 16.6. The molecular weight excluding hydrogens is 176 g/mol. The second-order valence-electron chi connectivity index (χ2n) is 4.30. The van der Waals surface area contributed by atoms with Crippen LogP contribution in [0.3, 0.4) is 0 Å². The molecule has 1 unspecified atom stereocenters. The Bertz CT molecular complexity index is 343. The number of cyclic esters (lactones) is 1. The standard InChI is InChI=1S/C12H18O2/c1-7(2)9(4)12(6)10(5)8(3)11(13)14-12/h1-6H3. The minimum absolute atomic E-state index is 0.189. The molecule has 0 aromatic rings. The Labute approximate surface area is 85.6 Å². The van der Waals surface area contributed by atoms with Gasteiger partial charge >= 0.3 is 5.97 Å². The SMILES string of the molecule is CC(C)=C(C)C1(C)OC(=O)C(C)=C1C. The number of hydrogen-bond acceptors (Lipinski definition) is 2. The third-order valence-corrected chi connectivity index (χ3v) is 3.35. The smallest absolute Gasteiger partial charge is 0.335 e. The van der Waals surface area contributed by atoms with Crippen molar-refractivity contribution < 1.29 is 9.53 Å². The van der Waals surface area contributed by atoms with E-state index in [0.717, 1.165) is 16.7 Å². The molecule has 0 amide bonds. The van der Waals surface area contributed by atoms with E-state index in [1.165, 1.54) is 5.57 Å². The van der Waals surface area contributed by atoms with Gasteiger partial charge in [-0.1, -0.05) is 5.57 Å². The fourth-order valence-electron chi connectivity index (χ4n) is 1.68. The van der Waals surface area contributed by atoms with E-state index in [2.05, 4.69) is 0 Å². The zero-order valence-corrected chi connectivity index (χ0v) is 9.82. The van der Waals surface area contributed by atoms with Crippen molar-refractivity contribution in [2.24, 2.45) is 0 Å². The van der Waals surface area contributed by atoms with Gasteiger partial charge < -0.3 is 4.74 Å². The van der Waals surface area contributed by atoms with Gasteiger partial charge in [-0.3, -0.25) is 0 Å². The van der Waals surface area contributed by atoms with Crippen LogP contribution in [0, 0.1) is 0 Å². The van der Waals surface area contributed by atoms with Gasteiger partial charge in [-0.2, -0.15) is 0 Å². The third kappa shape index (κ3) is 1.39. The summed E-state index contributed by atoms with van der Waals surface area (Å²) in [5, 5.41) is 0. The first kappa shape index (κ1) is 11.0. The summed E-state index contributed by atoms with van der Waals surface area (Å²) < 4.78 is 5.43. The van der Waals surface area contributed by atoms with Crippen molar-refractivity contribution in [1.29, 1.82) is 0 Å². The highest BCUT2D eigenvalue weighted by Crippen LogP contribution is 2.38. The summed E-state index contributed by atoms with van der Waals surface area (Å²) in [6.07, 6.45) is 0. The summed E-state index contributed by atoms with van der Waals surface area (Å²) in [6.45, 7) is 11.8. The highest BCUT2D eigenvalue weighted by Gasteiger charge is 2.41. The topological polar surface area (TPSA) is 26.3 Å². The van der Waals surface area contributed by atoms with Crippen molar-refractivity contribution in [1.82, 2.24) is 0 Å². The Kier molecular flexibility index (Phi) is 2.57. The molecule has 0 aromatic heterocycles. The molecule has 14 heavy (non-hydrogen) atoms. The molecule has 0 aromatic carbocycles. The predicted molar refractivity (Wildman–Crippen MR) is 56.9 cm³/mol. The molecule has 1 aliphatic rings. The van der Waals surface area contributed by atoms with Crippen LogP contribution < -0.4 is 0 Å². The number of hydrogen-bond donors (Lipinski definition) is 0. The Balaban J connectivity index is 3.25. The molecule has 1 heterocycles. The largest absolute Gasteiger partial charge is 0.447 e. The molecule has 2 heteroatoms. The van der Waals surface area contributed by atoms with Gasteiger partial charge in [0, 0.05) is 5.57 Å². The first-order chi connectivity index (χ1) is 6.30. The van der Waals surface area contributed by atoms with Crippen LogP contribution in [0.2, 0.25) is 0 Å². The van der Waals surface area contributed by atoms with Crippen molar-refractivity contribution >= 4 is 5.97 Å². The van der Waals surface area contributed by atoms with Crippen molar-refractivity contribution in [3.8, 4) is 0 Å². The molecule has 0 aliphatic carbocycles. The number of carbonyl (C=O) groups excluding carboxylic acids is 1. The van der Waals surface area contributed by atoms with Gasteiger partial charge in [-0.05, 0) is 52.7 Å². The second kappa shape index (κ2) is 3.26. The lowest BCUT2D eigenvalue weighted by Gasteiger charge is -2.27. The van der Waals surface area contributed by atoms with Crippen molar-refractivity contribution in [3.63, 3.8) is 0 Å². The minimum atomic E-state index is -0.514. The quantitative estimate of drug-likeness (QED) is 0.474. The first-order valence-electron chi connectivity index (χ1n) is 4.86. The second-order valence-corrected chi connectivity index (χ2v) is 4.30. The van der Waals surface area contributed by atoms with Crippen LogP contribution in [0.4, 0.5) is 0 Å². The Morgan fingerprint density at radius 2 is 1.71 bits per heavy atom. The minimum Gasteiger partial charge on any atom is -0.447 e. The molecular formula is C12H18O2. The van der Waals surface area contributed by atoms with E-state index in [0.29, 0.717) is 0 Å². The monoisotopic (exact) mass is 194 g/mol. The van der Waals surface area contributed by atoms with E-state index >= 15 is 0 Å².